The summed E-state index contributed by atoms with van der Waals surface area (Å²) in [5, 5.41) is 2.96. The van der Waals surface area contributed by atoms with Crippen molar-refractivity contribution in [1.29, 1.82) is 0 Å². The largest absolute Gasteiger partial charge is 0.301 e. The predicted octanol–water partition coefficient (Wildman–Crippen LogP) is 0.233. The Kier molecular flexibility index (Phi) is 6.45. The van der Waals surface area contributed by atoms with Crippen LogP contribution >= 0.6 is 0 Å². The van der Waals surface area contributed by atoms with Crippen molar-refractivity contribution in [1.82, 2.24) is 10.0 Å². The normalized spacial score (nSPS) is 9.31. The summed E-state index contributed by atoms with van der Waals surface area (Å²) >= 11 is 0. The Morgan fingerprint density at radius 1 is 1.00 bits per heavy atom. The highest BCUT2D eigenvalue weighted by molar-refractivity contribution is 5.58. The fourth-order valence-electron chi connectivity index (χ4n) is 0.884. The average molecular weight is 182 g/mol. The summed E-state index contributed by atoms with van der Waals surface area (Å²) in [6.07, 6.45) is 4.60. The third-order valence-electron chi connectivity index (χ3n) is 1.43. The monoisotopic (exact) mass is 182 g/mol. The van der Waals surface area contributed by atoms with Gasteiger partial charge in [0, 0.05) is 13.1 Å². The van der Waals surface area contributed by atoms with Crippen LogP contribution in [0.1, 0.15) is 0 Å². The average Bonchev–Trinajstić information content (AvgIpc) is 2.14. The van der Waals surface area contributed by atoms with Crippen molar-refractivity contribution < 1.29 is 9.59 Å². The van der Waals surface area contributed by atoms with Crippen LogP contribution in [0.3, 0.4) is 0 Å². The van der Waals surface area contributed by atoms with E-state index in [4.69, 9.17) is 0 Å². The number of rotatable bonds is 8. The fourth-order valence-corrected chi connectivity index (χ4v) is 0.884. The zero-order chi connectivity index (χ0) is 10.1. The van der Waals surface area contributed by atoms with Crippen molar-refractivity contribution in [2.75, 3.05) is 19.6 Å². The molecule has 0 aromatic rings. The van der Waals surface area contributed by atoms with Gasteiger partial charge in [0.1, 0.15) is 6.29 Å². The van der Waals surface area contributed by atoms with Crippen LogP contribution in [0.15, 0.2) is 25.3 Å². The Bertz CT molecular complexity index is 182. The number of nitrogens with zero attached hydrogens (tertiary/aromatic N) is 2. The molecule has 4 heteroatoms. The number of aldehydes is 1. The van der Waals surface area contributed by atoms with Crippen LogP contribution in [0.25, 0.3) is 0 Å². The molecule has 0 atom stereocenters. The minimum Gasteiger partial charge on any atom is -0.301 e. The van der Waals surface area contributed by atoms with Gasteiger partial charge in [0.05, 0.1) is 6.54 Å². The van der Waals surface area contributed by atoms with Gasteiger partial charge in [0.25, 0.3) is 0 Å². The van der Waals surface area contributed by atoms with Crippen LogP contribution in [0, 0.1) is 0 Å². The molecular formula is C9H14N2O2. The van der Waals surface area contributed by atoms with Gasteiger partial charge in [-0.25, -0.2) is 5.01 Å². The first kappa shape index (κ1) is 11.6. The van der Waals surface area contributed by atoms with E-state index in [0.29, 0.717) is 25.8 Å². The van der Waals surface area contributed by atoms with E-state index in [1.807, 2.05) is 0 Å². The molecule has 13 heavy (non-hydrogen) atoms. The molecule has 0 radical (unpaired) electrons. The van der Waals surface area contributed by atoms with E-state index in [1.165, 1.54) is 5.01 Å². The molecule has 0 fully saturated rings. The second-order valence-corrected chi connectivity index (χ2v) is 2.34. The third kappa shape index (κ3) is 4.22. The summed E-state index contributed by atoms with van der Waals surface area (Å²) in [6.45, 7) is 8.19. The van der Waals surface area contributed by atoms with Crippen LogP contribution in [0.4, 0.5) is 0 Å². The molecule has 0 aromatic carbocycles. The van der Waals surface area contributed by atoms with Gasteiger partial charge in [-0.2, -0.15) is 0 Å². The van der Waals surface area contributed by atoms with Crippen molar-refractivity contribution in [3.05, 3.63) is 25.3 Å². The van der Waals surface area contributed by atoms with Gasteiger partial charge >= 0.3 is 0 Å². The molecule has 4 nitrogen and oxygen atoms in total. The van der Waals surface area contributed by atoms with E-state index >= 15 is 0 Å². The maximum atomic E-state index is 10.5. The minimum atomic E-state index is 0.0607. The van der Waals surface area contributed by atoms with E-state index in [1.54, 1.807) is 17.2 Å². The minimum absolute atomic E-state index is 0.0607. The van der Waals surface area contributed by atoms with Crippen LogP contribution in [0.2, 0.25) is 0 Å². The lowest BCUT2D eigenvalue weighted by molar-refractivity contribution is -0.136. The number of hydrazine groups is 1. The summed E-state index contributed by atoms with van der Waals surface area (Å²) in [5.41, 5.74) is 0. The summed E-state index contributed by atoms with van der Waals surface area (Å²) < 4.78 is 0. The van der Waals surface area contributed by atoms with Crippen LogP contribution < -0.4 is 0 Å². The Morgan fingerprint density at radius 3 is 1.85 bits per heavy atom. The molecular weight excluding hydrogens is 168 g/mol. The lowest BCUT2D eigenvalue weighted by Crippen LogP contribution is -2.42. The van der Waals surface area contributed by atoms with Crippen molar-refractivity contribution in [2.45, 2.75) is 0 Å². The lowest BCUT2D eigenvalue weighted by atomic mass is 10.5. The highest BCUT2D eigenvalue weighted by atomic mass is 16.2. The molecule has 0 aromatic heterocycles. The molecule has 0 bridgehead atoms. The fraction of sp³-hybridized carbons (Fsp3) is 0.333. The molecule has 0 saturated carbocycles. The van der Waals surface area contributed by atoms with Crippen LogP contribution in [0.5, 0.6) is 0 Å². The standard InChI is InChI=1S/C9H14N2O2/c1-3-5-10(6-4-2)11(9-13)7-8-12/h3-4,8-9H,1-2,5-7H2. The second kappa shape index (κ2) is 7.24. The van der Waals surface area contributed by atoms with Gasteiger partial charge < -0.3 is 4.79 Å². The highest BCUT2D eigenvalue weighted by Crippen LogP contribution is 1.94. The molecule has 0 heterocycles. The van der Waals surface area contributed by atoms with Gasteiger partial charge in [-0.3, -0.25) is 9.80 Å². The zero-order valence-electron chi connectivity index (χ0n) is 7.56. The number of carbonyl (C=O) groups excluding carboxylic acids is 2. The van der Waals surface area contributed by atoms with Crippen molar-refractivity contribution in [3.63, 3.8) is 0 Å². The Morgan fingerprint density at radius 2 is 1.54 bits per heavy atom. The molecule has 0 N–H and O–H groups in total. The van der Waals surface area contributed by atoms with E-state index in [0.717, 1.165) is 0 Å². The molecule has 0 rings (SSSR count). The first-order valence-corrected chi connectivity index (χ1v) is 3.92. The summed E-state index contributed by atoms with van der Waals surface area (Å²) in [4.78, 5) is 20.8. The van der Waals surface area contributed by atoms with Gasteiger partial charge in [-0.15, -0.1) is 13.2 Å². The van der Waals surface area contributed by atoms with E-state index in [-0.39, 0.29) is 6.54 Å². The Labute approximate surface area is 78.1 Å². The number of hydrogen-bond acceptors (Lipinski definition) is 3. The Hall–Kier alpha value is -1.42. The smallest absolute Gasteiger partial charge is 0.224 e. The molecule has 0 unspecified atom stereocenters. The first-order valence-electron chi connectivity index (χ1n) is 3.92. The maximum Gasteiger partial charge on any atom is 0.224 e. The summed E-state index contributed by atoms with van der Waals surface area (Å²) in [7, 11) is 0. The molecule has 0 saturated heterocycles. The van der Waals surface area contributed by atoms with E-state index < -0.39 is 0 Å². The van der Waals surface area contributed by atoms with Crippen LogP contribution in [-0.4, -0.2) is 42.3 Å². The number of amides is 1. The summed E-state index contributed by atoms with van der Waals surface area (Å²) in [5.74, 6) is 0. The maximum absolute atomic E-state index is 10.5. The zero-order valence-corrected chi connectivity index (χ0v) is 7.56. The summed E-state index contributed by atoms with van der Waals surface area (Å²) in [6, 6.07) is 0. The van der Waals surface area contributed by atoms with Gasteiger partial charge in [0.2, 0.25) is 6.41 Å². The van der Waals surface area contributed by atoms with E-state index in [2.05, 4.69) is 13.2 Å². The third-order valence-corrected chi connectivity index (χ3v) is 1.43. The van der Waals surface area contributed by atoms with Crippen molar-refractivity contribution in [3.8, 4) is 0 Å². The highest BCUT2D eigenvalue weighted by Gasteiger charge is 2.08. The van der Waals surface area contributed by atoms with Crippen molar-refractivity contribution in [2.24, 2.45) is 0 Å². The first-order chi connectivity index (χ1) is 6.29. The molecule has 0 aliphatic carbocycles. The quantitative estimate of drug-likeness (QED) is 0.306. The number of carbonyl (C=O) groups is 2. The second-order valence-electron chi connectivity index (χ2n) is 2.34. The van der Waals surface area contributed by atoms with Crippen molar-refractivity contribution >= 4 is 12.7 Å². The van der Waals surface area contributed by atoms with Gasteiger partial charge in [-0.1, -0.05) is 12.2 Å². The molecule has 0 aliphatic rings. The van der Waals surface area contributed by atoms with Gasteiger partial charge in [-0.05, 0) is 0 Å². The molecule has 1 amide bonds. The van der Waals surface area contributed by atoms with E-state index in [9.17, 15) is 9.59 Å². The van der Waals surface area contributed by atoms with Crippen LogP contribution in [-0.2, 0) is 9.59 Å². The topological polar surface area (TPSA) is 40.6 Å². The number of hydrogen-bond donors (Lipinski definition) is 0. The molecule has 0 aliphatic heterocycles. The predicted molar refractivity (Wildman–Crippen MR) is 50.8 cm³/mol. The molecule has 0 spiro atoms. The SMILES string of the molecule is C=CCN(CC=C)N(C=O)CC=O. The van der Waals surface area contributed by atoms with Gasteiger partial charge in [0.15, 0.2) is 0 Å². The Balaban J connectivity index is 4.25. The molecule has 72 valence electrons. The lowest BCUT2D eigenvalue weighted by Gasteiger charge is -2.28.